The number of aldehydes is 1. The van der Waals surface area contributed by atoms with Crippen molar-refractivity contribution in [2.24, 2.45) is 0 Å². The Morgan fingerprint density at radius 2 is 2.20 bits per heavy atom. The van der Waals surface area contributed by atoms with E-state index in [2.05, 4.69) is 0 Å². The highest BCUT2D eigenvalue weighted by Gasteiger charge is 2.27. The first-order valence-corrected chi connectivity index (χ1v) is 5.06. The van der Waals surface area contributed by atoms with E-state index in [9.17, 15) is 9.18 Å². The molecule has 1 aliphatic rings. The van der Waals surface area contributed by atoms with Crippen molar-refractivity contribution in [3.05, 3.63) is 35.8 Å². The summed E-state index contributed by atoms with van der Waals surface area (Å²) in [7, 11) is 0. The lowest BCUT2D eigenvalue weighted by Gasteiger charge is -2.04. The Labute approximate surface area is 86.3 Å². The number of halogens is 1. The molecule has 2 aromatic rings. The molecule has 2 nitrogen and oxygen atoms in total. The number of carbonyl (C=O) groups is 1. The Bertz CT molecular complexity index is 540. The summed E-state index contributed by atoms with van der Waals surface area (Å²) in [6, 6.07) is 7.00. The van der Waals surface area contributed by atoms with E-state index >= 15 is 0 Å². The summed E-state index contributed by atoms with van der Waals surface area (Å²) < 4.78 is 15.4. The van der Waals surface area contributed by atoms with Gasteiger partial charge in [0.05, 0.1) is 11.2 Å². The Balaban J connectivity index is 2.38. The van der Waals surface area contributed by atoms with Crippen molar-refractivity contribution in [1.29, 1.82) is 0 Å². The van der Waals surface area contributed by atoms with Crippen LogP contribution in [0.15, 0.2) is 24.3 Å². The van der Waals surface area contributed by atoms with E-state index in [1.165, 1.54) is 6.07 Å². The van der Waals surface area contributed by atoms with Crippen LogP contribution in [0.25, 0.3) is 10.9 Å². The normalized spacial score (nSPS) is 15.8. The lowest BCUT2D eigenvalue weighted by Crippen LogP contribution is -1.98. The molecule has 1 saturated carbocycles. The number of benzene rings is 1. The second-order valence-corrected chi connectivity index (χ2v) is 3.96. The molecule has 0 aliphatic heterocycles. The highest BCUT2D eigenvalue weighted by atomic mass is 19.1. The zero-order valence-electron chi connectivity index (χ0n) is 8.11. The number of aromatic nitrogens is 1. The fourth-order valence-electron chi connectivity index (χ4n) is 2.07. The number of nitrogens with zero attached hydrogens (tertiary/aromatic N) is 1. The SMILES string of the molecule is O=Cc1cc2c(F)cccc2n1C1CC1. The maximum atomic E-state index is 13.5. The van der Waals surface area contributed by atoms with Gasteiger partial charge >= 0.3 is 0 Å². The van der Waals surface area contributed by atoms with Crippen LogP contribution in [0.3, 0.4) is 0 Å². The Morgan fingerprint density at radius 1 is 1.40 bits per heavy atom. The lowest BCUT2D eigenvalue weighted by atomic mass is 10.2. The van der Waals surface area contributed by atoms with Crippen LogP contribution in [0.1, 0.15) is 29.4 Å². The summed E-state index contributed by atoms with van der Waals surface area (Å²) in [4.78, 5) is 10.9. The molecule has 0 N–H and O–H groups in total. The molecule has 0 atom stereocenters. The summed E-state index contributed by atoms with van der Waals surface area (Å²) in [5.74, 6) is -0.255. The van der Waals surface area contributed by atoms with E-state index in [0.717, 1.165) is 24.6 Å². The summed E-state index contributed by atoms with van der Waals surface area (Å²) in [6.07, 6.45) is 2.97. The highest BCUT2D eigenvalue weighted by molar-refractivity contribution is 5.89. The molecular weight excluding hydrogens is 193 g/mol. The van der Waals surface area contributed by atoms with E-state index in [1.807, 2.05) is 10.6 Å². The van der Waals surface area contributed by atoms with Gasteiger partial charge in [-0.05, 0) is 31.0 Å². The van der Waals surface area contributed by atoms with Crippen LogP contribution >= 0.6 is 0 Å². The van der Waals surface area contributed by atoms with Crippen molar-refractivity contribution in [2.45, 2.75) is 18.9 Å². The van der Waals surface area contributed by atoms with Crippen molar-refractivity contribution in [2.75, 3.05) is 0 Å². The van der Waals surface area contributed by atoms with Gasteiger partial charge in [-0.3, -0.25) is 4.79 Å². The third-order valence-electron chi connectivity index (χ3n) is 2.89. The second-order valence-electron chi connectivity index (χ2n) is 3.96. The largest absolute Gasteiger partial charge is 0.335 e. The van der Waals surface area contributed by atoms with Gasteiger partial charge in [-0.2, -0.15) is 0 Å². The molecule has 76 valence electrons. The summed E-state index contributed by atoms with van der Waals surface area (Å²) in [6.45, 7) is 0. The molecule has 1 fully saturated rings. The Kier molecular flexibility index (Phi) is 1.69. The number of carbonyl (C=O) groups excluding carboxylic acids is 1. The second kappa shape index (κ2) is 2.92. The van der Waals surface area contributed by atoms with Crippen LogP contribution in [0.5, 0.6) is 0 Å². The molecule has 1 aromatic heterocycles. The quantitative estimate of drug-likeness (QED) is 0.688. The molecule has 0 spiro atoms. The zero-order valence-corrected chi connectivity index (χ0v) is 8.11. The van der Waals surface area contributed by atoms with Gasteiger partial charge in [-0.15, -0.1) is 0 Å². The molecule has 0 radical (unpaired) electrons. The van der Waals surface area contributed by atoms with E-state index in [-0.39, 0.29) is 5.82 Å². The van der Waals surface area contributed by atoms with Gasteiger partial charge in [-0.25, -0.2) is 4.39 Å². The van der Waals surface area contributed by atoms with E-state index < -0.39 is 0 Å². The number of fused-ring (bicyclic) bond motifs is 1. The van der Waals surface area contributed by atoms with Crippen LogP contribution in [0, 0.1) is 5.82 Å². The highest BCUT2D eigenvalue weighted by Crippen LogP contribution is 2.39. The average Bonchev–Trinajstić information content (AvgIpc) is 3.00. The van der Waals surface area contributed by atoms with Gasteiger partial charge < -0.3 is 4.57 Å². The number of hydrogen-bond donors (Lipinski definition) is 0. The summed E-state index contributed by atoms with van der Waals surface area (Å²) in [5, 5.41) is 0.548. The molecule has 15 heavy (non-hydrogen) atoms. The van der Waals surface area contributed by atoms with E-state index in [0.29, 0.717) is 17.1 Å². The summed E-state index contributed by atoms with van der Waals surface area (Å²) in [5.41, 5.74) is 1.41. The standard InChI is InChI=1S/C12H10FNO/c13-11-2-1-3-12-10(11)6-9(7-15)14(12)8-4-5-8/h1-3,6-8H,4-5H2. The molecule has 0 bridgehead atoms. The predicted octanol–water partition coefficient (Wildman–Crippen LogP) is 2.93. The molecular formula is C12H10FNO. The maximum Gasteiger partial charge on any atom is 0.166 e. The van der Waals surface area contributed by atoms with Crippen molar-refractivity contribution in [1.82, 2.24) is 4.57 Å². The van der Waals surface area contributed by atoms with Gasteiger partial charge in [0.2, 0.25) is 0 Å². The van der Waals surface area contributed by atoms with Crippen molar-refractivity contribution in [3.63, 3.8) is 0 Å². The topological polar surface area (TPSA) is 22.0 Å². The van der Waals surface area contributed by atoms with Crippen LogP contribution < -0.4 is 0 Å². The van der Waals surface area contributed by atoms with Crippen molar-refractivity contribution in [3.8, 4) is 0 Å². The molecule has 0 saturated heterocycles. The fourth-order valence-corrected chi connectivity index (χ4v) is 2.07. The first-order valence-electron chi connectivity index (χ1n) is 5.06. The molecule has 0 amide bonds. The number of rotatable bonds is 2. The van der Waals surface area contributed by atoms with Gasteiger partial charge in [0.15, 0.2) is 6.29 Å². The molecule has 3 rings (SSSR count). The van der Waals surface area contributed by atoms with Gasteiger partial charge in [0, 0.05) is 11.4 Å². The zero-order chi connectivity index (χ0) is 10.4. The monoisotopic (exact) mass is 203 g/mol. The van der Waals surface area contributed by atoms with Crippen molar-refractivity contribution >= 4 is 17.2 Å². The fraction of sp³-hybridized carbons (Fsp3) is 0.250. The predicted molar refractivity (Wildman–Crippen MR) is 55.6 cm³/mol. The summed E-state index contributed by atoms with van der Waals surface area (Å²) >= 11 is 0. The van der Waals surface area contributed by atoms with Crippen LogP contribution in [0.2, 0.25) is 0 Å². The average molecular weight is 203 g/mol. The molecule has 3 heteroatoms. The third-order valence-corrected chi connectivity index (χ3v) is 2.89. The minimum atomic E-state index is -0.255. The Morgan fingerprint density at radius 3 is 2.87 bits per heavy atom. The number of hydrogen-bond acceptors (Lipinski definition) is 1. The molecule has 1 aromatic carbocycles. The third kappa shape index (κ3) is 1.19. The van der Waals surface area contributed by atoms with Gasteiger partial charge in [0.25, 0.3) is 0 Å². The first-order chi connectivity index (χ1) is 7.31. The maximum absolute atomic E-state index is 13.5. The molecule has 1 aliphatic carbocycles. The van der Waals surface area contributed by atoms with Gasteiger partial charge in [0.1, 0.15) is 5.82 Å². The van der Waals surface area contributed by atoms with Crippen molar-refractivity contribution < 1.29 is 9.18 Å². The smallest absolute Gasteiger partial charge is 0.166 e. The van der Waals surface area contributed by atoms with E-state index in [1.54, 1.807) is 12.1 Å². The Hall–Kier alpha value is -1.64. The first kappa shape index (κ1) is 8.65. The van der Waals surface area contributed by atoms with Gasteiger partial charge in [-0.1, -0.05) is 6.07 Å². The van der Waals surface area contributed by atoms with Crippen LogP contribution in [0.4, 0.5) is 4.39 Å². The molecule has 0 unspecified atom stereocenters. The minimum Gasteiger partial charge on any atom is -0.335 e. The van der Waals surface area contributed by atoms with Crippen LogP contribution in [-0.2, 0) is 0 Å². The van der Waals surface area contributed by atoms with Crippen LogP contribution in [-0.4, -0.2) is 10.9 Å². The molecule has 1 heterocycles. The minimum absolute atomic E-state index is 0.255. The lowest BCUT2D eigenvalue weighted by molar-refractivity contribution is 0.111. The van der Waals surface area contributed by atoms with E-state index in [4.69, 9.17) is 0 Å².